The maximum atomic E-state index is 12.5. The summed E-state index contributed by atoms with van der Waals surface area (Å²) in [6, 6.07) is 6.47. The van der Waals surface area contributed by atoms with Crippen LogP contribution in [-0.4, -0.2) is 5.78 Å². The van der Waals surface area contributed by atoms with Gasteiger partial charge in [0.15, 0.2) is 5.78 Å². The molecule has 0 aliphatic heterocycles. The summed E-state index contributed by atoms with van der Waals surface area (Å²) in [5, 5.41) is 3.84. The Labute approximate surface area is 112 Å². The van der Waals surface area contributed by atoms with E-state index in [1.54, 1.807) is 0 Å². The number of ketones is 1. The summed E-state index contributed by atoms with van der Waals surface area (Å²) in [6.45, 7) is 0. The van der Waals surface area contributed by atoms with Crippen LogP contribution in [0.25, 0.3) is 0 Å². The molecule has 0 aliphatic rings. The number of Topliss-reactive ketones (excluding diaryl/α,β-unsaturated/α-hetero) is 1. The van der Waals surface area contributed by atoms with Crippen molar-refractivity contribution in [3.05, 3.63) is 57.8 Å². The van der Waals surface area contributed by atoms with Gasteiger partial charge in [0.25, 0.3) is 0 Å². The van der Waals surface area contributed by atoms with Crippen molar-refractivity contribution in [1.29, 1.82) is 0 Å². The number of carbonyl (C=O) groups excluding carboxylic acids is 1. The first-order valence-electron chi connectivity index (χ1n) is 5.68. The maximum absolute atomic E-state index is 12.5. The van der Waals surface area contributed by atoms with Gasteiger partial charge in [-0.1, -0.05) is 12.1 Å². The fourth-order valence-electron chi connectivity index (χ4n) is 1.71. The van der Waals surface area contributed by atoms with Crippen LogP contribution in [0.4, 0.5) is 13.2 Å². The van der Waals surface area contributed by atoms with E-state index in [9.17, 15) is 18.0 Å². The van der Waals surface area contributed by atoms with Crippen LogP contribution in [0.2, 0.25) is 0 Å². The lowest BCUT2D eigenvalue weighted by Crippen LogP contribution is -2.07. The van der Waals surface area contributed by atoms with E-state index in [1.165, 1.54) is 23.5 Å². The number of rotatable bonds is 4. The van der Waals surface area contributed by atoms with Gasteiger partial charge in [0, 0.05) is 12.0 Å². The molecule has 2 rings (SSSR count). The van der Waals surface area contributed by atoms with Gasteiger partial charge in [-0.25, -0.2) is 0 Å². The zero-order valence-corrected chi connectivity index (χ0v) is 10.7. The van der Waals surface area contributed by atoms with E-state index in [4.69, 9.17) is 0 Å². The van der Waals surface area contributed by atoms with Crippen molar-refractivity contribution in [2.24, 2.45) is 0 Å². The lowest BCUT2D eigenvalue weighted by atomic mass is 10.0. The van der Waals surface area contributed by atoms with E-state index in [-0.39, 0.29) is 17.8 Å². The molecule has 0 unspecified atom stereocenters. The molecular formula is C14H11F3OS. The molecule has 0 spiro atoms. The minimum absolute atomic E-state index is 0.116. The number of hydrogen-bond donors (Lipinski definition) is 0. The zero-order chi connectivity index (χ0) is 13.9. The number of aryl methyl sites for hydroxylation is 1. The third-order valence-corrected chi connectivity index (χ3v) is 3.46. The average molecular weight is 284 g/mol. The van der Waals surface area contributed by atoms with E-state index >= 15 is 0 Å². The Bertz CT molecular complexity index is 558. The normalized spacial score (nSPS) is 11.5. The maximum Gasteiger partial charge on any atom is 0.416 e. The SMILES string of the molecule is O=C(CCc1ccsc1)c1cccc(C(F)(F)F)c1. The average Bonchev–Trinajstić information content (AvgIpc) is 2.88. The molecule has 5 heteroatoms. The number of halogens is 3. The fourth-order valence-corrected chi connectivity index (χ4v) is 2.41. The predicted molar refractivity (Wildman–Crippen MR) is 68.4 cm³/mol. The third kappa shape index (κ3) is 3.67. The summed E-state index contributed by atoms with van der Waals surface area (Å²) < 4.78 is 37.6. The van der Waals surface area contributed by atoms with Gasteiger partial charge in [-0.3, -0.25) is 4.79 Å². The van der Waals surface area contributed by atoms with Crippen molar-refractivity contribution in [1.82, 2.24) is 0 Å². The van der Waals surface area contributed by atoms with Crippen LogP contribution in [0.3, 0.4) is 0 Å². The molecule has 0 aliphatic carbocycles. The monoisotopic (exact) mass is 284 g/mol. The summed E-state index contributed by atoms with van der Waals surface area (Å²) >= 11 is 1.53. The highest BCUT2D eigenvalue weighted by atomic mass is 32.1. The number of hydrogen-bond acceptors (Lipinski definition) is 2. The largest absolute Gasteiger partial charge is 0.416 e. The first-order valence-corrected chi connectivity index (χ1v) is 6.62. The van der Waals surface area contributed by atoms with E-state index < -0.39 is 11.7 Å². The van der Waals surface area contributed by atoms with E-state index in [2.05, 4.69) is 0 Å². The molecule has 19 heavy (non-hydrogen) atoms. The molecule has 100 valence electrons. The van der Waals surface area contributed by atoms with Gasteiger partial charge in [-0.05, 0) is 40.9 Å². The van der Waals surface area contributed by atoms with Crippen LogP contribution < -0.4 is 0 Å². The number of benzene rings is 1. The van der Waals surface area contributed by atoms with Gasteiger partial charge in [0.05, 0.1) is 5.56 Å². The minimum Gasteiger partial charge on any atom is -0.294 e. The molecule has 0 saturated carbocycles. The highest BCUT2D eigenvalue weighted by Gasteiger charge is 2.30. The molecule has 1 heterocycles. The molecular weight excluding hydrogens is 273 g/mol. The fraction of sp³-hybridized carbons (Fsp3) is 0.214. The highest BCUT2D eigenvalue weighted by molar-refractivity contribution is 7.07. The molecule has 0 radical (unpaired) electrons. The van der Waals surface area contributed by atoms with Crippen molar-refractivity contribution in [3.63, 3.8) is 0 Å². The standard InChI is InChI=1S/C14H11F3OS/c15-14(16,17)12-3-1-2-11(8-12)13(18)5-4-10-6-7-19-9-10/h1-3,6-9H,4-5H2. The Morgan fingerprint density at radius 1 is 1.21 bits per heavy atom. The van der Waals surface area contributed by atoms with Crippen LogP contribution in [0.5, 0.6) is 0 Å². The van der Waals surface area contributed by atoms with Gasteiger partial charge < -0.3 is 0 Å². The Morgan fingerprint density at radius 2 is 2.00 bits per heavy atom. The number of carbonyl (C=O) groups is 1. The van der Waals surface area contributed by atoms with Gasteiger partial charge in [0.2, 0.25) is 0 Å². The van der Waals surface area contributed by atoms with Gasteiger partial charge in [-0.15, -0.1) is 0 Å². The van der Waals surface area contributed by atoms with Crippen LogP contribution in [-0.2, 0) is 12.6 Å². The van der Waals surface area contributed by atoms with Gasteiger partial charge >= 0.3 is 6.18 Å². The smallest absolute Gasteiger partial charge is 0.294 e. The molecule has 0 fully saturated rings. The van der Waals surface area contributed by atoms with Gasteiger partial charge in [-0.2, -0.15) is 24.5 Å². The molecule has 0 atom stereocenters. The summed E-state index contributed by atoms with van der Waals surface area (Å²) in [5.74, 6) is -0.266. The molecule has 0 saturated heterocycles. The molecule has 0 bridgehead atoms. The Hall–Kier alpha value is -1.62. The second kappa shape index (κ2) is 5.57. The molecule has 1 nitrogen and oxygen atoms in total. The first-order chi connectivity index (χ1) is 8.97. The molecule has 1 aromatic carbocycles. The van der Waals surface area contributed by atoms with Crippen molar-refractivity contribution in [2.45, 2.75) is 19.0 Å². The molecule has 1 aromatic heterocycles. The Morgan fingerprint density at radius 3 is 2.63 bits per heavy atom. The topological polar surface area (TPSA) is 17.1 Å². The quantitative estimate of drug-likeness (QED) is 0.751. The summed E-state index contributed by atoms with van der Waals surface area (Å²) in [6.07, 6.45) is -3.64. The predicted octanol–water partition coefficient (Wildman–Crippen LogP) is 4.58. The van der Waals surface area contributed by atoms with Crippen molar-refractivity contribution < 1.29 is 18.0 Å². The van der Waals surface area contributed by atoms with E-state index in [0.29, 0.717) is 6.42 Å². The zero-order valence-electron chi connectivity index (χ0n) is 9.91. The van der Waals surface area contributed by atoms with E-state index in [0.717, 1.165) is 17.7 Å². The number of thiophene rings is 1. The second-order valence-corrected chi connectivity index (χ2v) is 4.91. The second-order valence-electron chi connectivity index (χ2n) is 4.13. The number of alkyl halides is 3. The Balaban J connectivity index is 2.07. The first kappa shape index (κ1) is 13.8. The van der Waals surface area contributed by atoms with Crippen molar-refractivity contribution in [3.8, 4) is 0 Å². The Kier molecular flexibility index (Phi) is 4.04. The summed E-state index contributed by atoms with van der Waals surface area (Å²) in [5.41, 5.74) is 0.365. The van der Waals surface area contributed by atoms with Crippen LogP contribution in [0, 0.1) is 0 Å². The minimum atomic E-state index is -4.41. The van der Waals surface area contributed by atoms with Crippen LogP contribution in [0.15, 0.2) is 41.1 Å². The lowest BCUT2D eigenvalue weighted by molar-refractivity contribution is -0.137. The highest BCUT2D eigenvalue weighted by Crippen LogP contribution is 2.29. The van der Waals surface area contributed by atoms with Crippen LogP contribution >= 0.6 is 11.3 Å². The third-order valence-electron chi connectivity index (χ3n) is 2.73. The molecule has 0 N–H and O–H groups in total. The van der Waals surface area contributed by atoms with Crippen molar-refractivity contribution in [2.75, 3.05) is 0 Å². The lowest BCUT2D eigenvalue weighted by Gasteiger charge is -2.08. The van der Waals surface area contributed by atoms with Crippen LogP contribution in [0.1, 0.15) is 27.9 Å². The summed E-state index contributed by atoms with van der Waals surface area (Å²) in [7, 11) is 0. The summed E-state index contributed by atoms with van der Waals surface area (Å²) in [4.78, 5) is 11.9. The molecule has 0 amide bonds. The van der Waals surface area contributed by atoms with Gasteiger partial charge in [0.1, 0.15) is 0 Å². The molecule has 2 aromatic rings. The van der Waals surface area contributed by atoms with Crippen molar-refractivity contribution >= 4 is 17.1 Å². The van der Waals surface area contributed by atoms with E-state index in [1.807, 2.05) is 16.8 Å².